The maximum Gasteiger partial charge on any atom is 0.130 e. The summed E-state index contributed by atoms with van der Waals surface area (Å²) in [5.41, 5.74) is 0. The third kappa shape index (κ3) is 3.04. The molecule has 0 N–H and O–H groups in total. The Hall–Kier alpha value is -0.330. The highest BCUT2D eigenvalue weighted by molar-refractivity contribution is 5.75. The summed E-state index contributed by atoms with van der Waals surface area (Å²) in [6.07, 6.45) is 6.05. The third-order valence-corrected chi connectivity index (χ3v) is 2.71. The van der Waals surface area contributed by atoms with Gasteiger partial charge in [0.15, 0.2) is 0 Å². The Kier molecular flexibility index (Phi) is 3.10. The molecule has 1 rings (SSSR count). The maximum atomic E-state index is 10.8. The quantitative estimate of drug-likeness (QED) is 0.597. The zero-order valence-corrected chi connectivity index (χ0v) is 7.60. The first-order valence-electron chi connectivity index (χ1n) is 4.68. The van der Waals surface area contributed by atoms with Gasteiger partial charge in [-0.15, -0.1) is 0 Å². The van der Waals surface area contributed by atoms with Crippen LogP contribution in [0.1, 0.15) is 46.0 Å². The maximum absolute atomic E-state index is 10.8. The van der Waals surface area contributed by atoms with Crippen molar-refractivity contribution in [2.75, 3.05) is 0 Å². The van der Waals surface area contributed by atoms with E-state index in [9.17, 15) is 4.79 Å². The molecular weight excluding hydrogens is 136 g/mol. The molecule has 1 aliphatic carbocycles. The molecule has 0 heterocycles. The summed E-state index contributed by atoms with van der Waals surface area (Å²) in [5.74, 6) is 1.98. The number of hydrogen-bond acceptors (Lipinski definition) is 1. The number of ketones is 1. The summed E-state index contributed by atoms with van der Waals surface area (Å²) >= 11 is 0. The predicted molar refractivity (Wildman–Crippen MR) is 46.4 cm³/mol. The highest BCUT2D eigenvalue weighted by Crippen LogP contribution is 2.30. The van der Waals surface area contributed by atoms with Crippen LogP contribution in [0.3, 0.4) is 0 Å². The second kappa shape index (κ2) is 3.89. The van der Waals surface area contributed by atoms with Crippen molar-refractivity contribution in [2.45, 2.75) is 46.0 Å². The Labute approximate surface area is 69.2 Å². The van der Waals surface area contributed by atoms with Gasteiger partial charge in [-0.3, -0.25) is 0 Å². The summed E-state index contributed by atoms with van der Waals surface area (Å²) in [6, 6.07) is 0. The summed E-state index contributed by atoms with van der Waals surface area (Å²) < 4.78 is 0. The molecule has 1 heteroatoms. The van der Waals surface area contributed by atoms with Crippen LogP contribution in [-0.4, -0.2) is 5.78 Å². The van der Waals surface area contributed by atoms with Crippen LogP contribution in [0.25, 0.3) is 0 Å². The van der Waals surface area contributed by atoms with Crippen LogP contribution < -0.4 is 0 Å². The fourth-order valence-corrected chi connectivity index (χ4v) is 1.94. The summed E-state index contributed by atoms with van der Waals surface area (Å²) in [6.45, 7) is 4.02. The third-order valence-electron chi connectivity index (χ3n) is 2.71. The number of hydrogen-bond donors (Lipinski definition) is 0. The SMILES string of the molecule is CC(=O)CC1CCC(C)CC1. The molecule has 0 aromatic rings. The summed E-state index contributed by atoms with van der Waals surface area (Å²) in [5, 5.41) is 0. The molecule has 1 aliphatic rings. The van der Waals surface area contributed by atoms with Gasteiger partial charge < -0.3 is 4.79 Å². The molecule has 0 radical (unpaired) electrons. The van der Waals surface area contributed by atoms with E-state index in [-0.39, 0.29) is 0 Å². The zero-order valence-electron chi connectivity index (χ0n) is 7.60. The van der Waals surface area contributed by atoms with Gasteiger partial charge in [0.25, 0.3) is 0 Å². The van der Waals surface area contributed by atoms with E-state index in [1.54, 1.807) is 6.92 Å². The standard InChI is InChI=1S/C10H18O/c1-8-3-5-10(6-4-8)7-9(2)11/h8,10H,3-7H2,1-2H3. The minimum absolute atomic E-state index is 0.365. The lowest BCUT2D eigenvalue weighted by molar-refractivity contribution is -0.118. The monoisotopic (exact) mass is 154 g/mol. The first-order chi connectivity index (χ1) is 5.18. The van der Waals surface area contributed by atoms with Gasteiger partial charge in [0, 0.05) is 6.42 Å². The molecule has 0 aliphatic heterocycles. The molecule has 1 fully saturated rings. The van der Waals surface area contributed by atoms with Crippen molar-refractivity contribution in [3.05, 3.63) is 0 Å². The van der Waals surface area contributed by atoms with Gasteiger partial charge in [0.1, 0.15) is 5.78 Å². The number of carbonyl (C=O) groups is 1. The molecule has 0 aromatic heterocycles. The van der Waals surface area contributed by atoms with E-state index in [2.05, 4.69) is 6.92 Å². The Balaban J connectivity index is 2.22. The minimum Gasteiger partial charge on any atom is -0.300 e. The molecule has 1 nitrogen and oxygen atoms in total. The van der Waals surface area contributed by atoms with Crippen molar-refractivity contribution in [3.8, 4) is 0 Å². The van der Waals surface area contributed by atoms with Crippen molar-refractivity contribution in [1.29, 1.82) is 0 Å². The average Bonchev–Trinajstić information content (AvgIpc) is 1.93. The topological polar surface area (TPSA) is 17.1 Å². The van der Waals surface area contributed by atoms with E-state index in [4.69, 9.17) is 0 Å². The minimum atomic E-state index is 0.365. The number of carbonyl (C=O) groups excluding carboxylic acids is 1. The first kappa shape index (κ1) is 8.76. The van der Waals surface area contributed by atoms with E-state index in [1.165, 1.54) is 25.7 Å². The van der Waals surface area contributed by atoms with Crippen LogP contribution in [-0.2, 0) is 4.79 Å². The van der Waals surface area contributed by atoms with Crippen LogP contribution >= 0.6 is 0 Å². The van der Waals surface area contributed by atoms with E-state index in [0.29, 0.717) is 11.7 Å². The van der Waals surface area contributed by atoms with Gasteiger partial charge in [-0.2, -0.15) is 0 Å². The number of rotatable bonds is 2. The van der Waals surface area contributed by atoms with E-state index in [0.717, 1.165) is 12.3 Å². The van der Waals surface area contributed by atoms with Gasteiger partial charge in [-0.05, 0) is 31.6 Å². The van der Waals surface area contributed by atoms with Gasteiger partial charge in [-0.25, -0.2) is 0 Å². The molecule has 0 saturated heterocycles. The van der Waals surface area contributed by atoms with Crippen LogP contribution in [0.2, 0.25) is 0 Å². The van der Waals surface area contributed by atoms with E-state index < -0.39 is 0 Å². The molecular formula is C10H18O. The largest absolute Gasteiger partial charge is 0.300 e. The molecule has 0 aromatic carbocycles. The molecule has 1 saturated carbocycles. The molecule has 64 valence electrons. The average molecular weight is 154 g/mol. The van der Waals surface area contributed by atoms with Crippen LogP contribution in [0.15, 0.2) is 0 Å². The van der Waals surface area contributed by atoms with E-state index >= 15 is 0 Å². The summed E-state index contributed by atoms with van der Waals surface area (Å²) in [4.78, 5) is 10.8. The molecule has 0 bridgehead atoms. The number of Topliss-reactive ketones (excluding diaryl/α,β-unsaturated/α-hetero) is 1. The van der Waals surface area contributed by atoms with Crippen LogP contribution in [0, 0.1) is 11.8 Å². The smallest absolute Gasteiger partial charge is 0.130 e. The zero-order chi connectivity index (χ0) is 8.27. The lowest BCUT2D eigenvalue weighted by atomic mass is 9.81. The summed E-state index contributed by atoms with van der Waals surface area (Å²) in [7, 11) is 0. The first-order valence-corrected chi connectivity index (χ1v) is 4.68. The fraction of sp³-hybridized carbons (Fsp3) is 0.900. The van der Waals surface area contributed by atoms with Crippen molar-refractivity contribution >= 4 is 5.78 Å². The second-order valence-electron chi connectivity index (χ2n) is 4.03. The van der Waals surface area contributed by atoms with Crippen LogP contribution in [0.4, 0.5) is 0 Å². The lowest BCUT2D eigenvalue weighted by Gasteiger charge is -2.25. The molecule has 0 spiro atoms. The fourth-order valence-electron chi connectivity index (χ4n) is 1.94. The van der Waals surface area contributed by atoms with Gasteiger partial charge in [-0.1, -0.05) is 19.8 Å². The van der Waals surface area contributed by atoms with Crippen molar-refractivity contribution in [3.63, 3.8) is 0 Å². The Morgan fingerprint density at radius 2 is 1.82 bits per heavy atom. The highest BCUT2D eigenvalue weighted by atomic mass is 16.1. The Bertz CT molecular complexity index is 132. The normalized spacial score (nSPS) is 31.8. The molecule has 0 unspecified atom stereocenters. The Morgan fingerprint density at radius 3 is 2.27 bits per heavy atom. The van der Waals surface area contributed by atoms with Gasteiger partial charge in [0.2, 0.25) is 0 Å². The second-order valence-corrected chi connectivity index (χ2v) is 4.03. The Morgan fingerprint density at radius 1 is 1.27 bits per heavy atom. The predicted octanol–water partition coefficient (Wildman–Crippen LogP) is 2.79. The van der Waals surface area contributed by atoms with E-state index in [1.807, 2.05) is 0 Å². The van der Waals surface area contributed by atoms with Crippen molar-refractivity contribution in [2.24, 2.45) is 11.8 Å². The van der Waals surface area contributed by atoms with Crippen molar-refractivity contribution in [1.82, 2.24) is 0 Å². The van der Waals surface area contributed by atoms with Crippen molar-refractivity contribution < 1.29 is 4.79 Å². The molecule has 0 amide bonds. The van der Waals surface area contributed by atoms with Crippen LogP contribution in [0.5, 0.6) is 0 Å². The highest BCUT2D eigenvalue weighted by Gasteiger charge is 2.18. The molecule has 0 atom stereocenters. The van der Waals surface area contributed by atoms with Gasteiger partial charge >= 0.3 is 0 Å². The lowest BCUT2D eigenvalue weighted by Crippen LogP contribution is -2.14. The molecule has 11 heavy (non-hydrogen) atoms. The van der Waals surface area contributed by atoms with Gasteiger partial charge in [0.05, 0.1) is 0 Å².